The van der Waals surface area contributed by atoms with Crippen LogP contribution in [0.25, 0.3) is 0 Å². The normalized spacial score (nSPS) is 30.3. The molecule has 2 amide bonds. The van der Waals surface area contributed by atoms with E-state index in [2.05, 4.69) is 15.5 Å². The predicted octanol–water partition coefficient (Wildman–Crippen LogP) is 4.01. The second-order valence-corrected chi connectivity index (χ2v) is 10.2. The summed E-state index contributed by atoms with van der Waals surface area (Å²) in [4.78, 5) is 45.1. The Hall–Kier alpha value is -3.77. The highest BCUT2D eigenvalue weighted by Crippen LogP contribution is 2.66. The van der Waals surface area contributed by atoms with E-state index in [0.717, 1.165) is 40.9 Å². The zero-order valence-electron chi connectivity index (χ0n) is 19.4. The molecule has 0 aliphatic carbocycles. The number of rotatable bonds is 2. The molecule has 3 aromatic rings. The summed E-state index contributed by atoms with van der Waals surface area (Å²) in [6.45, 7) is 2.65. The van der Waals surface area contributed by atoms with E-state index >= 15 is 0 Å². The topological polar surface area (TPSA) is 78.5 Å². The van der Waals surface area contributed by atoms with Gasteiger partial charge in [0.15, 0.2) is 5.78 Å². The monoisotopic (exact) mass is 463 g/mol. The van der Waals surface area contributed by atoms with Gasteiger partial charge in [-0.05, 0) is 44.0 Å². The lowest BCUT2D eigenvalue weighted by Gasteiger charge is -2.38. The highest BCUT2D eigenvalue weighted by molar-refractivity contribution is 6.18. The van der Waals surface area contributed by atoms with Crippen molar-refractivity contribution in [3.63, 3.8) is 0 Å². The van der Waals surface area contributed by atoms with Crippen LogP contribution in [0.1, 0.15) is 39.9 Å². The molecular weight excluding hydrogens is 438 g/mol. The molecule has 3 aromatic carbocycles. The van der Waals surface area contributed by atoms with Gasteiger partial charge in [-0.25, -0.2) is 0 Å². The van der Waals surface area contributed by atoms with Gasteiger partial charge in [0, 0.05) is 28.5 Å². The summed E-state index contributed by atoms with van der Waals surface area (Å²) in [5, 5.41) is 6.17. The van der Waals surface area contributed by atoms with E-state index in [9.17, 15) is 14.4 Å². The number of aryl methyl sites for hydroxylation is 1. The molecule has 0 aromatic heterocycles. The SMILES string of the molecule is Cc1ccc2c(c1)[C@]1(C(=O)N2)[C@H](C(=O)c2ccccc2)[C@@]2(C(=O)Nc3ccccc32)C2CCCN21. The minimum absolute atomic E-state index is 0.170. The number of fused-ring (bicyclic) bond motifs is 7. The third-order valence-corrected chi connectivity index (χ3v) is 8.60. The van der Waals surface area contributed by atoms with Crippen LogP contribution in [0.5, 0.6) is 0 Å². The number of para-hydroxylation sites is 1. The van der Waals surface area contributed by atoms with Gasteiger partial charge in [0.1, 0.15) is 11.0 Å². The lowest BCUT2D eigenvalue weighted by atomic mass is 9.60. The highest BCUT2D eigenvalue weighted by Gasteiger charge is 2.78. The molecule has 2 fully saturated rings. The van der Waals surface area contributed by atoms with Crippen molar-refractivity contribution in [1.82, 2.24) is 4.90 Å². The molecule has 4 heterocycles. The van der Waals surface area contributed by atoms with Crippen LogP contribution in [-0.4, -0.2) is 35.1 Å². The second-order valence-electron chi connectivity index (χ2n) is 10.2. The smallest absolute Gasteiger partial charge is 0.250 e. The van der Waals surface area contributed by atoms with Crippen molar-refractivity contribution >= 4 is 29.0 Å². The van der Waals surface area contributed by atoms with Gasteiger partial charge in [0.2, 0.25) is 11.8 Å². The standard InChI is InChI=1S/C29H25N3O3/c1-17-13-14-22-20(16-17)29(27(35)31-22)25(24(33)18-8-3-2-4-9-18)28(23-12-7-15-32(23)29)19-10-5-6-11-21(19)30-26(28)34/h2-6,8-11,13-14,16,23,25H,7,12,15H2,1H3,(H,30,34)(H,31,35)/t23?,25-,28+,29-/m1/s1. The van der Waals surface area contributed by atoms with Crippen LogP contribution in [0.4, 0.5) is 11.4 Å². The zero-order chi connectivity index (χ0) is 23.9. The van der Waals surface area contributed by atoms with Crippen LogP contribution >= 0.6 is 0 Å². The maximum Gasteiger partial charge on any atom is 0.250 e. The molecule has 6 nitrogen and oxygen atoms in total. The average molecular weight is 464 g/mol. The van der Waals surface area contributed by atoms with Crippen molar-refractivity contribution in [2.75, 3.05) is 17.2 Å². The molecular formula is C29H25N3O3. The van der Waals surface area contributed by atoms with Crippen molar-refractivity contribution in [3.05, 3.63) is 95.1 Å². The van der Waals surface area contributed by atoms with Crippen molar-refractivity contribution in [1.29, 1.82) is 0 Å². The van der Waals surface area contributed by atoms with Gasteiger partial charge in [0.25, 0.3) is 0 Å². The van der Waals surface area contributed by atoms with Crippen LogP contribution in [0.15, 0.2) is 72.8 Å². The first-order chi connectivity index (χ1) is 17.0. The summed E-state index contributed by atoms with van der Waals surface area (Å²) in [7, 11) is 0. The number of hydrogen-bond acceptors (Lipinski definition) is 4. The lowest BCUT2D eigenvalue weighted by molar-refractivity contribution is -0.128. The fourth-order valence-corrected chi connectivity index (χ4v) is 7.43. The van der Waals surface area contributed by atoms with E-state index in [4.69, 9.17) is 0 Å². The van der Waals surface area contributed by atoms with Crippen molar-refractivity contribution in [3.8, 4) is 0 Å². The second kappa shape index (κ2) is 6.89. The summed E-state index contributed by atoms with van der Waals surface area (Å²) >= 11 is 0. The molecule has 0 bridgehead atoms. The quantitative estimate of drug-likeness (QED) is 0.563. The Bertz CT molecular complexity index is 1430. The first-order valence-corrected chi connectivity index (χ1v) is 12.2. The Morgan fingerprint density at radius 3 is 2.43 bits per heavy atom. The number of carbonyl (C=O) groups excluding carboxylic acids is 3. The van der Waals surface area contributed by atoms with E-state index in [0.29, 0.717) is 12.1 Å². The number of ketones is 1. The Kier molecular flexibility index (Phi) is 4.05. The largest absolute Gasteiger partial charge is 0.325 e. The first-order valence-electron chi connectivity index (χ1n) is 12.2. The zero-order valence-corrected chi connectivity index (χ0v) is 19.4. The Morgan fingerprint density at radius 2 is 1.60 bits per heavy atom. The molecule has 7 rings (SSSR count). The van der Waals surface area contributed by atoms with Crippen LogP contribution in [0, 0.1) is 12.8 Å². The number of nitrogens with one attached hydrogen (secondary N) is 2. The summed E-state index contributed by atoms with van der Waals surface area (Å²) in [6, 6.07) is 22.4. The number of anilines is 2. The lowest BCUT2D eigenvalue weighted by Crippen LogP contribution is -2.55. The van der Waals surface area contributed by atoms with E-state index < -0.39 is 16.9 Å². The van der Waals surface area contributed by atoms with Gasteiger partial charge in [-0.2, -0.15) is 0 Å². The molecule has 174 valence electrons. The summed E-state index contributed by atoms with van der Waals surface area (Å²) in [5.41, 5.74) is 2.19. The molecule has 2 spiro atoms. The van der Waals surface area contributed by atoms with Crippen molar-refractivity contribution < 1.29 is 14.4 Å². The third kappa shape index (κ3) is 2.31. The number of hydrogen-bond donors (Lipinski definition) is 2. The Labute approximate surface area is 203 Å². The average Bonchev–Trinajstić information content (AvgIpc) is 3.59. The minimum Gasteiger partial charge on any atom is -0.325 e. The van der Waals surface area contributed by atoms with Crippen LogP contribution in [0.2, 0.25) is 0 Å². The molecule has 0 saturated carbocycles. The van der Waals surface area contributed by atoms with Gasteiger partial charge >= 0.3 is 0 Å². The van der Waals surface area contributed by atoms with Gasteiger partial charge in [-0.15, -0.1) is 0 Å². The van der Waals surface area contributed by atoms with E-state index in [1.54, 1.807) is 12.1 Å². The number of amides is 2. The number of Topliss-reactive ketones (excluding diaryl/α,β-unsaturated/α-hetero) is 1. The van der Waals surface area contributed by atoms with Gasteiger partial charge in [-0.1, -0.05) is 66.2 Å². The minimum atomic E-state index is -1.26. The number of carbonyl (C=O) groups is 3. The third-order valence-electron chi connectivity index (χ3n) is 8.60. The summed E-state index contributed by atoms with van der Waals surface area (Å²) < 4.78 is 0. The molecule has 4 atom stereocenters. The van der Waals surface area contributed by atoms with Crippen LogP contribution in [-0.2, 0) is 20.5 Å². The van der Waals surface area contributed by atoms with Crippen molar-refractivity contribution in [2.45, 2.75) is 36.8 Å². The molecule has 2 N–H and O–H groups in total. The van der Waals surface area contributed by atoms with E-state index in [1.165, 1.54) is 0 Å². The molecule has 4 aliphatic heterocycles. The van der Waals surface area contributed by atoms with Gasteiger partial charge in [0.05, 0.1) is 5.92 Å². The van der Waals surface area contributed by atoms with Gasteiger partial charge in [-0.3, -0.25) is 19.3 Å². The molecule has 0 radical (unpaired) electrons. The van der Waals surface area contributed by atoms with Crippen LogP contribution < -0.4 is 10.6 Å². The van der Waals surface area contributed by atoms with E-state index in [-0.39, 0.29) is 23.6 Å². The molecule has 1 unspecified atom stereocenters. The fourth-order valence-electron chi connectivity index (χ4n) is 7.43. The fraction of sp³-hybridized carbons (Fsp3) is 0.276. The first kappa shape index (κ1) is 20.6. The summed E-state index contributed by atoms with van der Waals surface area (Å²) in [5.74, 6) is -1.48. The summed E-state index contributed by atoms with van der Waals surface area (Å²) in [6.07, 6.45) is 1.61. The van der Waals surface area contributed by atoms with E-state index in [1.807, 2.05) is 67.6 Å². The maximum absolute atomic E-state index is 14.6. The number of nitrogens with zero attached hydrogens (tertiary/aromatic N) is 1. The van der Waals surface area contributed by atoms with Crippen LogP contribution in [0.3, 0.4) is 0 Å². The molecule has 4 aliphatic rings. The molecule has 2 saturated heterocycles. The molecule has 6 heteroatoms. The number of benzene rings is 3. The maximum atomic E-state index is 14.6. The Balaban J connectivity index is 1.60. The van der Waals surface area contributed by atoms with Gasteiger partial charge < -0.3 is 10.6 Å². The highest BCUT2D eigenvalue weighted by atomic mass is 16.2. The Morgan fingerprint density at radius 1 is 0.886 bits per heavy atom. The predicted molar refractivity (Wildman–Crippen MR) is 132 cm³/mol. The molecule has 35 heavy (non-hydrogen) atoms. The van der Waals surface area contributed by atoms with Crippen molar-refractivity contribution in [2.24, 2.45) is 5.92 Å².